The van der Waals surface area contributed by atoms with Gasteiger partial charge in [-0.2, -0.15) is 5.26 Å². The molecule has 0 saturated heterocycles. The summed E-state index contributed by atoms with van der Waals surface area (Å²) in [5, 5.41) is 11.7. The minimum atomic E-state index is -0.143. The van der Waals surface area contributed by atoms with E-state index in [-0.39, 0.29) is 18.6 Å². The zero-order valence-electron chi connectivity index (χ0n) is 11.7. The molecule has 5 heteroatoms. The maximum atomic E-state index is 11.8. The van der Waals surface area contributed by atoms with Crippen molar-refractivity contribution >= 4 is 5.91 Å². The first kappa shape index (κ1) is 14.2. The molecule has 1 aromatic carbocycles. The molecule has 1 amide bonds. The van der Waals surface area contributed by atoms with Crippen LogP contribution in [0, 0.1) is 17.2 Å². The highest BCUT2D eigenvalue weighted by molar-refractivity contribution is 5.78. The molecule has 0 bridgehead atoms. The Hall–Kier alpha value is -2.22. The summed E-state index contributed by atoms with van der Waals surface area (Å²) in [7, 11) is 1.50. The van der Waals surface area contributed by atoms with Crippen LogP contribution >= 0.6 is 0 Å². The summed E-state index contributed by atoms with van der Waals surface area (Å²) < 4.78 is 10.6. The number of nitrogens with one attached hydrogen (secondary N) is 1. The van der Waals surface area contributed by atoms with Crippen molar-refractivity contribution in [2.45, 2.75) is 25.8 Å². The number of carbonyl (C=O) groups excluding carboxylic acids is 1. The van der Waals surface area contributed by atoms with Crippen molar-refractivity contribution < 1.29 is 14.3 Å². The van der Waals surface area contributed by atoms with Crippen molar-refractivity contribution in [2.24, 2.45) is 5.92 Å². The lowest BCUT2D eigenvalue weighted by atomic mass is 10.2. The van der Waals surface area contributed by atoms with E-state index in [4.69, 9.17) is 14.7 Å². The van der Waals surface area contributed by atoms with Gasteiger partial charge in [-0.15, -0.1) is 0 Å². The Labute approximate surface area is 118 Å². The van der Waals surface area contributed by atoms with Crippen molar-refractivity contribution in [2.75, 3.05) is 13.7 Å². The molecule has 0 aliphatic heterocycles. The second-order valence-corrected chi connectivity index (χ2v) is 4.96. The second-order valence-electron chi connectivity index (χ2n) is 4.96. The van der Waals surface area contributed by atoms with Gasteiger partial charge < -0.3 is 14.8 Å². The summed E-state index contributed by atoms with van der Waals surface area (Å²) in [4.78, 5) is 11.8. The maximum Gasteiger partial charge on any atom is 0.258 e. The summed E-state index contributed by atoms with van der Waals surface area (Å²) in [6.07, 6.45) is 2.37. The van der Waals surface area contributed by atoms with Gasteiger partial charge >= 0.3 is 0 Å². The van der Waals surface area contributed by atoms with Crippen molar-refractivity contribution in [1.82, 2.24) is 5.32 Å². The molecule has 1 fully saturated rings. The van der Waals surface area contributed by atoms with Crippen LogP contribution in [0.1, 0.15) is 25.3 Å². The summed E-state index contributed by atoms with van der Waals surface area (Å²) in [6.45, 7) is 1.96. The topological polar surface area (TPSA) is 71.3 Å². The largest absolute Gasteiger partial charge is 0.493 e. The van der Waals surface area contributed by atoms with Crippen LogP contribution in [-0.4, -0.2) is 25.7 Å². The fourth-order valence-corrected chi connectivity index (χ4v) is 2.01. The molecule has 0 aromatic heterocycles. The van der Waals surface area contributed by atoms with Crippen molar-refractivity contribution in [1.29, 1.82) is 5.26 Å². The molecule has 5 nitrogen and oxygen atoms in total. The molecule has 1 atom stereocenters. The normalized spacial score (nSPS) is 15.1. The lowest BCUT2D eigenvalue weighted by molar-refractivity contribution is -0.123. The fraction of sp³-hybridized carbons (Fsp3) is 0.467. The van der Waals surface area contributed by atoms with E-state index < -0.39 is 0 Å². The number of nitriles is 1. The van der Waals surface area contributed by atoms with Gasteiger partial charge in [-0.3, -0.25) is 4.79 Å². The maximum absolute atomic E-state index is 11.8. The van der Waals surface area contributed by atoms with Crippen molar-refractivity contribution in [3.05, 3.63) is 23.8 Å². The molecule has 1 saturated carbocycles. The van der Waals surface area contributed by atoms with E-state index in [2.05, 4.69) is 5.32 Å². The van der Waals surface area contributed by atoms with Crippen LogP contribution in [0.25, 0.3) is 0 Å². The molecule has 0 spiro atoms. The molecule has 1 unspecified atom stereocenters. The Morgan fingerprint density at radius 1 is 1.50 bits per heavy atom. The number of carbonyl (C=O) groups is 1. The second kappa shape index (κ2) is 6.29. The summed E-state index contributed by atoms with van der Waals surface area (Å²) in [6, 6.07) is 7.07. The Balaban J connectivity index is 1.89. The molecule has 20 heavy (non-hydrogen) atoms. The van der Waals surface area contributed by atoms with Gasteiger partial charge in [0.25, 0.3) is 5.91 Å². The highest BCUT2D eigenvalue weighted by atomic mass is 16.5. The summed E-state index contributed by atoms with van der Waals surface area (Å²) in [5.74, 6) is 1.38. The number of methoxy groups -OCH3 is 1. The van der Waals surface area contributed by atoms with Gasteiger partial charge in [-0.25, -0.2) is 0 Å². The monoisotopic (exact) mass is 274 g/mol. The minimum absolute atomic E-state index is 0.0562. The zero-order valence-corrected chi connectivity index (χ0v) is 11.7. The molecule has 1 N–H and O–H groups in total. The lowest BCUT2D eigenvalue weighted by Crippen LogP contribution is -2.37. The zero-order chi connectivity index (χ0) is 14.5. The van der Waals surface area contributed by atoms with Crippen LogP contribution in [-0.2, 0) is 4.79 Å². The fourth-order valence-electron chi connectivity index (χ4n) is 2.01. The van der Waals surface area contributed by atoms with Gasteiger partial charge in [0.2, 0.25) is 0 Å². The number of ether oxygens (including phenoxy) is 2. The summed E-state index contributed by atoms with van der Waals surface area (Å²) >= 11 is 0. The first-order chi connectivity index (χ1) is 9.63. The van der Waals surface area contributed by atoms with Gasteiger partial charge in [-0.1, -0.05) is 0 Å². The van der Waals surface area contributed by atoms with Gasteiger partial charge in [0.1, 0.15) is 0 Å². The van der Waals surface area contributed by atoms with Gasteiger partial charge in [0, 0.05) is 12.1 Å². The number of nitrogens with zero attached hydrogens (tertiary/aromatic N) is 1. The van der Waals surface area contributed by atoms with Crippen LogP contribution in [0.4, 0.5) is 0 Å². The number of benzene rings is 1. The first-order valence-corrected chi connectivity index (χ1v) is 6.64. The minimum Gasteiger partial charge on any atom is -0.493 e. The van der Waals surface area contributed by atoms with Crippen LogP contribution < -0.4 is 14.8 Å². The SMILES string of the molecule is COc1cc(C#N)ccc1OCC(=O)NC(C)C1CC1. The lowest BCUT2D eigenvalue weighted by Gasteiger charge is -2.14. The quantitative estimate of drug-likeness (QED) is 0.859. The van der Waals surface area contributed by atoms with Crippen LogP contribution in [0.2, 0.25) is 0 Å². The first-order valence-electron chi connectivity index (χ1n) is 6.64. The Morgan fingerprint density at radius 3 is 2.85 bits per heavy atom. The average Bonchev–Trinajstić information content (AvgIpc) is 3.29. The van der Waals surface area contributed by atoms with Crippen LogP contribution in [0.3, 0.4) is 0 Å². The van der Waals surface area contributed by atoms with Crippen LogP contribution in [0.15, 0.2) is 18.2 Å². The smallest absolute Gasteiger partial charge is 0.258 e. The third kappa shape index (κ3) is 3.64. The molecule has 1 aliphatic carbocycles. The highest BCUT2D eigenvalue weighted by Gasteiger charge is 2.28. The van der Waals surface area contributed by atoms with Crippen molar-refractivity contribution in [3.63, 3.8) is 0 Å². The molecule has 2 rings (SSSR count). The van der Waals surface area contributed by atoms with E-state index in [0.29, 0.717) is 23.0 Å². The Morgan fingerprint density at radius 2 is 2.25 bits per heavy atom. The third-order valence-corrected chi connectivity index (χ3v) is 3.37. The van der Waals surface area contributed by atoms with Crippen molar-refractivity contribution in [3.8, 4) is 17.6 Å². The Bertz CT molecular complexity index is 532. The summed E-state index contributed by atoms with van der Waals surface area (Å²) in [5.41, 5.74) is 0.487. The van der Waals surface area contributed by atoms with E-state index in [1.165, 1.54) is 20.0 Å². The van der Waals surface area contributed by atoms with Gasteiger partial charge in [-0.05, 0) is 37.8 Å². The number of amides is 1. The average molecular weight is 274 g/mol. The van der Waals surface area contributed by atoms with E-state index in [1.54, 1.807) is 18.2 Å². The molecule has 0 radical (unpaired) electrons. The third-order valence-electron chi connectivity index (χ3n) is 3.37. The number of hydrogen-bond acceptors (Lipinski definition) is 4. The molecule has 1 aromatic rings. The molecule has 0 heterocycles. The Kier molecular flexibility index (Phi) is 4.46. The number of rotatable bonds is 6. The molecule has 106 valence electrons. The van der Waals surface area contributed by atoms with E-state index >= 15 is 0 Å². The van der Waals surface area contributed by atoms with E-state index in [1.807, 2.05) is 13.0 Å². The standard InChI is InChI=1S/C15H18N2O3/c1-10(12-4-5-12)17-15(18)9-20-13-6-3-11(8-16)7-14(13)19-2/h3,6-7,10,12H,4-5,9H2,1-2H3,(H,17,18). The van der Waals surface area contributed by atoms with E-state index in [0.717, 1.165) is 0 Å². The molecule has 1 aliphatic rings. The molecular formula is C15H18N2O3. The predicted molar refractivity (Wildman–Crippen MR) is 73.5 cm³/mol. The van der Waals surface area contributed by atoms with Gasteiger partial charge in [0.15, 0.2) is 18.1 Å². The van der Waals surface area contributed by atoms with Gasteiger partial charge in [0.05, 0.1) is 18.7 Å². The van der Waals surface area contributed by atoms with Crippen LogP contribution in [0.5, 0.6) is 11.5 Å². The predicted octanol–water partition coefficient (Wildman–Crippen LogP) is 1.86. The number of hydrogen-bond donors (Lipinski definition) is 1. The van der Waals surface area contributed by atoms with E-state index in [9.17, 15) is 4.79 Å². The highest BCUT2D eigenvalue weighted by Crippen LogP contribution is 2.32. The molecular weight excluding hydrogens is 256 g/mol.